The number of hydrogen-bond donors (Lipinski definition) is 2. The molecule has 1 atom stereocenters. The number of amides is 1. The first-order chi connectivity index (χ1) is 16.3. The van der Waals surface area contributed by atoms with Crippen molar-refractivity contribution in [2.45, 2.75) is 31.9 Å². The highest BCUT2D eigenvalue weighted by atomic mass is 16.5. The molecule has 1 fully saturated rings. The standard InChI is InChI=1S/C26H33N3O5/c1-26(2,15-19-4-7-23(32-3)8-5-19)28-17-22(30)18-34-24-9-6-20(14-21(24)16-27)25(31)29-10-12-33-13-11-29/h4-9,14,22,28,30H,10-13,15,17-18H2,1-3H3. The molecule has 0 radical (unpaired) electrons. The van der Waals surface area contributed by atoms with Crippen LogP contribution in [0.25, 0.3) is 0 Å². The van der Waals surface area contributed by atoms with E-state index < -0.39 is 6.10 Å². The molecular weight excluding hydrogens is 434 g/mol. The van der Waals surface area contributed by atoms with Crippen molar-refractivity contribution in [1.82, 2.24) is 10.2 Å². The number of aliphatic hydroxyl groups is 1. The Hall–Kier alpha value is -3.12. The van der Waals surface area contributed by atoms with Crippen molar-refractivity contribution in [3.05, 3.63) is 59.2 Å². The number of morpholine rings is 1. The lowest BCUT2D eigenvalue weighted by Gasteiger charge is -2.28. The number of benzene rings is 2. The van der Waals surface area contributed by atoms with Gasteiger partial charge >= 0.3 is 0 Å². The van der Waals surface area contributed by atoms with Crippen molar-refractivity contribution in [3.63, 3.8) is 0 Å². The van der Waals surface area contributed by atoms with Gasteiger partial charge in [-0.15, -0.1) is 0 Å². The third-order valence-electron chi connectivity index (χ3n) is 5.70. The third-order valence-corrected chi connectivity index (χ3v) is 5.70. The minimum absolute atomic E-state index is 0.0249. The van der Waals surface area contributed by atoms with Crippen molar-refractivity contribution in [2.75, 3.05) is 46.6 Å². The van der Waals surface area contributed by atoms with E-state index in [0.29, 0.717) is 44.2 Å². The first-order valence-electron chi connectivity index (χ1n) is 11.4. The van der Waals surface area contributed by atoms with Gasteiger partial charge in [0.2, 0.25) is 0 Å². The summed E-state index contributed by atoms with van der Waals surface area (Å²) in [5.74, 6) is 1.03. The molecule has 0 spiro atoms. The normalized spacial score (nSPS) is 14.9. The fraction of sp³-hybridized carbons (Fsp3) is 0.462. The largest absolute Gasteiger partial charge is 0.497 e. The van der Waals surface area contributed by atoms with Crippen molar-refractivity contribution in [1.29, 1.82) is 5.26 Å². The van der Waals surface area contributed by atoms with Crippen LogP contribution in [0.15, 0.2) is 42.5 Å². The van der Waals surface area contributed by atoms with E-state index in [0.717, 1.165) is 17.7 Å². The maximum Gasteiger partial charge on any atom is 0.254 e. The number of aliphatic hydroxyl groups excluding tert-OH is 1. The molecule has 0 saturated carbocycles. The van der Waals surface area contributed by atoms with E-state index in [-0.39, 0.29) is 23.6 Å². The number of carbonyl (C=O) groups excluding carboxylic acids is 1. The summed E-state index contributed by atoms with van der Waals surface area (Å²) < 4.78 is 16.2. The fourth-order valence-electron chi connectivity index (χ4n) is 3.78. The first-order valence-corrected chi connectivity index (χ1v) is 11.4. The van der Waals surface area contributed by atoms with Gasteiger partial charge in [-0.1, -0.05) is 12.1 Å². The highest BCUT2D eigenvalue weighted by Gasteiger charge is 2.21. The summed E-state index contributed by atoms with van der Waals surface area (Å²) in [5.41, 5.74) is 1.62. The molecule has 1 amide bonds. The zero-order chi connectivity index (χ0) is 24.6. The molecule has 1 saturated heterocycles. The Bertz CT molecular complexity index is 994. The van der Waals surface area contributed by atoms with Crippen molar-refractivity contribution in [3.8, 4) is 17.6 Å². The summed E-state index contributed by atoms with van der Waals surface area (Å²) in [6.07, 6.45) is 0.0123. The monoisotopic (exact) mass is 467 g/mol. The highest BCUT2D eigenvalue weighted by molar-refractivity contribution is 5.95. The Balaban J connectivity index is 1.50. The van der Waals surface area contributed by atoms with Crippen molar-refractivity contribution in [2.24, 2.45) is 0 Å². The van der Waals surface area contributed by atoms with E-state index in [4.69, 9.17) is 14.2 Å². The van der Waals surface area contributed by atoms with E-state index in [1.807, 2.05) is 24.3 Å². The molecule has 0 aromatic heterocycles. The maximum absolute atomic E-state index is 12.7. The van der Waals surface area contributed by atoms with E-state index in [1.54, 1.807) is 24.1 Å². The van der Waals surface area contributed by atoms with E-state index in [1.165, 1.54) is 6.07 Å². The number of β-amino-alcohol motifs (C(OH)–C–C–N with tert-alkyl or cyclic N) is 1. The van der Waals surface area contributed by atoms with Crippen LogP contribution in [0.5, 0.6) is 11.5 Å². The second kappa shape index (κ2) is 11.8. The van der Waals surface area contributed by atoms with Crippen LogP contribution in [0.2, 0.25) is 0 Å². The number of nitrogens with zero attached hydrogens (tertiary/aromatic N) is 2. The van der Waals surface area contributed by atoms with Gasteiger partial charge in [-0.3, -0.25) is 4.79 Å². The molecule has 0 bridgehead atoms. The summed E-state index contributed by atoms with van der Waals surface area (Å²) >= 11 is 0. The Kier molecular flexibility index (Phi) is 8.88. The minimum atomic E-state index is -0.767. The molecule has 1 aliphatic heterocycles. The molecule has 0 aliphatic carbocycles. The Morgan fingerprint density at radius 1 is 1.24 bits per heavy atom. The topological polar surface area (TPSA) is 104 Å². The van der Waals surface area contributed by atoms with Crippen LogP contribution < -0.4 is 14.8 Å². The van der Waals surface area contributed by atoms with Crippen LogP contribution in [0.1, 0.15) is 35.3 Å². The first kappa shape index (κ1) is 25.5. The molecule has 34 heavy (non-hydrogen) atoms. The lowest BCUT2D eigenvalue weighted by atomic mass is 9.94. The van der Waals surface area contributed by atoms with Gasteiger partial charge in [-0.05, 0) is 56.2 Å². The third kappa shape index (κ3) is 7.19. The number of ether oxygens (including phenoxy) is 3. The van der Waals surface area contributed by atoms with Crippen LogP contribution in [0.4, 0.5) is 0 Å². The SMILES string of the molecule is COc1ccc(CC(C)(C)NCC(O)COc2ccc(C(=O)N3CCOCC3)cc2C#N)cc1. The predicted molar refractivity (Wildman–Crippen MR) is 128 cm³/mol. The average molecular weight is 468 g/mol. The van der Waals surface area contributed by atoms with Crippen LogP contribution in [0, 0.1) is 11.3 Å². The summed E-state index contributed by atoms with van der Waals surface area (Å²) in [4.78, 5) is 14.4. The molecule has 2 N–H and O–H groups in total. The van der Waals surface area contributed by atoms with Crippen LogP contribution in [0.3, 0.4) is 0 Å². The number of nitrogens with one attached hydrogen (secondary N) is 1. The van der Waals surface area contributed by atoms with Gasteiger partial charge in [0.05, 0.1) is 25.9 Å². The van der Waals surface area contributed by atoms with E-state index >= 15 is 0 Å². The Labute approximate surface area is 201 Å². The summed E-state index contributed by atoms with van der Waals surface area (Å²) in [7, 11) is 1.64. The van der Waals surface area contributed by atoms with Crippen LogP contribution >= 0.6 is 0 Å². The molecule has 1 unspecified atom stereocenters. The number of rotatable bonds is 10. The molecule has 182 valence electrons. The summed E-state index contributed by atoms with van der Waals surface area (Å²) in [6.45, 7) is 6.60. The molecule has 8 heteroatoms. The summed E-state index contributed by atoms with van der Waals surface area (Å²) in [6, 6.07) is 14.8. The van der Waals surface area contributed by atoms with Crippen molar-refractivity contribution >= 4 is 5.91 Å². The van der Waals surface area contributed by atoms with Gasteiger partial charge in [0.15, 0.2) is 0 Å². The maximum atomic E-state index is 12.7. The second-order valence-corrected chi connectivity index (χ2v) is 8.98. The summed E-state index contributed by atoms with van der Waals surface area (Å²) in [5, 5.41) is 23.3. The Morgan fingerprint density at radius 3 is 2.59 bits per heavy atom. The fourth-order valence-corrected chi connectivity index (χ4v) is 3.78. The lowest BCUT2D eigenvalue weighted by Crippen LogP contribution is -2.46. The van der Waals surface area contributed by atoms with Gasteiger partial charge in [0, 0.05) is 30.7 Å². The van der Waals surface area contributed by atoms with Gasteiger partial charge in [-0.2, -0.15) is 5.26 Å². The van der Waals surface area contributed by atoms with Crippen LogP contribution in [-0.2, 0) is 11.2 Å². The minimum Gasteiger partial charge on any atom is -0.497 e. The van der Waals surface area contributed by atoms with Crippen molar-refractivity contribution < 1.29 is 24.1 Å². The quantitative estimate of drug-likeness (QED) is 0.553. The van der Waals surface area contributed by atoms with E-state index in [2.05, 4.69) is 25.2 Å². The highest BCUT2D eigenvalue weighted by Crippen LogP contribution is 2.21. The van der Waals surface area contributed by atoms with Gasteiger partial charge in [0.1, 0.15) is 30.3 Å². The van der Waals surface area contributed by atoms with Crippen LogP contribution in [-0.4, -0.2) is 74.1 Å². The second-order valence-electron chi connectivity index (χ2n) is 8.98. The molecule has 3 rings (SSSR count). The molecule has 2 aromatic carbocycles. The smallest absolute Gasteiger partial charge is 0.254 e. The Morgan fingerprint density at radius 2 is 1.94 bits per heavy atom. The number of methoxy groups -OCH3 is 1. The predicted octanol–water partition coefficient (Wildman–Crippen LogP) is 2.39. The van der Waals surface area contributed by atoms with Gasteiger partial charge < -0.3 is 29.5 Å². The number of carbonyl (C=O) groups is 1. The van der Waals surface area contributed by atoms with Gasteiger partial charge in [-0.25, -0.2) is 0 Å². The van der Waals surface area contributed by atoms with E-state index in [9.17, 15) is 15.2 Å². The number of hydrogen-bond acceptors (Lipinski definition) is 7. The number of nitriles is 1. The molecular formula is C26H33N3O5. The molecule has 2 aromatic rings. The molecule has 1 aliphatic rings. The zero-order valence-electron chi connectivity index (χ0n) is 20.0. The zero-order valence-corrected chi connectivity index (χ0v) is 20.0. The molecule has 8 nitrogen and oxygen atoms in total. The van der Waals surface area contributed by atoms with Gasteiger partial charge in [0.25, 0.3) is 5.91 Å². The average Bonchev–Trinajstić information content (AvgIpc) is 2.86. The lowest BCUT2D eigenvalue weighted by molar-refractivity contribution is 0.0303. The molecule has 1 heterocycles.